The van der Waals surface area contributed by atoms with E-state index >= 15 is 0 Å². The summed E-state index contributed by atoms with van der Waals surface area (Å²) >= 11 is 2.17. The first kappa shape index (κ1) is 15.6. The third-order valence-electron chi connectivity index (χ3n) is 4.16. The summed E-state index contributed by atoms with van der Waals surface area (Å²) in [4.78, 5) is 0.676. The number of fused-ring (bicyclic) bond motifs is 3. The van der Waals surface area contributed by atoms with E-state index in [1.165, 1.54) is 0 Å². The van der Waals surface area contributed by atoms with Gasteiger partial charge in [-0.15, -0.1) is 0 Å². The summed E-state index contributed by atoms with van der Waals surface area (Å²) in [7, 11) is -3.55. The van der Waals surface area contributed by atoms with E-state index in [-0.39, 0.29) is 0 Å². The van der Waals surface area contributed by atoms with E-state index in [9.17, 15) is 8.42 Å². The summed E-state index contributed by atoms with van der Waals surface area (Å²) in [5.74, 6) is 0. The van der Waals surface area contributed by atoms with Crippen LogP contribution in [0.3, 0.4) is 0 Å². The first-order valence-electron chi connectivity index (χ1n) is 7.48. The fourth-order valence-electron chi connectivity index (χ4n) is 2.99. The van der Waals surface area contributed by atoms with Gasteiger partial charge in [-0.05, 0) is 69.1 Å². The van der Waals surface area contributed by atoms with Gasteiger partial charge in [0.25, 0.3) is 0 Å². The number of rotatable bonds is 2. The molecule has 4 rings (SSSR count). The minimum atomic E-state index is -3.55. The summed E-state index contributed by atoms with van der Waals surface area (Å²) in [5.41, 5.74) is 0. The van der Waals surface area contributed by atoms with Gasteiger partial charge in [-0.2, -0.15) is 0 Å². The third-order valence-corrected chi connectivity index (χ3v) is 6.71. The molecule has 0 aliphatic carbocycles. The monoisotopic (exact) mass is 444 g/mol. The van der Waals surface area contributed by atoms with E-state index in [1.807, 2.05) is 60.7 Å². The molecule has 2 nitrogen and oxygen atoms in total. The van der Waals surface area contributed by atoms with E-state index in [4.69, 9.17) is 0 Å². The average Bonchev–Trinajstić information content (AvgIpc) is 2.61. The van der Waals surface area contributed by atoms with Crippen LogP contribution in [-0.4, -0.2) is 8.42 Å². The van der Waals surface area contributed by atoms with Crippen LogP contribution in [-0.2, 0) is 9.84 Å². The molecule has 0 atom stereocenters. The number of halogens is 1. The van der Waals surface area contributed by atoms with Gasteiger partial charge in [0.1, 0.15) is 0 Å². The van der Waals surface area contributed by atoms with Crippen molar-refractivity contribution in [2.24, 2.45) is 0 Å². The molecular formula is C20H13IO2S. The molecule has 0 aliphatic rings. The first-order valence-corrected chi connectivity index (χ1v) is 10.0. The van der Waals surface area contributed by atoms with Gasteiger partial charge in [0, 0.05) is 8.96 Å². The molecule has 0 spiro atoms. The van der Waals surface area contributed by atoms with Crippen molar-refractivity contribution >= 4 is 54.0 Å². The third kappa shape index (κ3) is 2.50. The predicted octanol–water partition coefficient (Wildman–Crippen LogP) is 5.43. The maximum absolute atomic E-state index is 13.1. The molecule has 0 bridgehead atoms. The number of benzene rings is 4. The molecule has 0 aromatic heterocycles. The number of sulfone groups is 1. The van der Waals surface area contributed by atoms with Crippen LogP contribution >= 0.6 is 22.6 Å². The van der Waals surface area contributed by atoms with Gasteiger partial charge in [0.05, 0.1) is 9.79 Å². The van der Waals surface area contributed by atoms with Crippen LogP contribution in [0, 0.1) is 3.57 Å². The van der Waals surface area contributed by atoms with Gasteiger partial charge in [0.2, 0.25) is 9.84 Å². The Balaban J connectivity index is 2.03. The van der Waals surface area contributed by atoms with E-state index in [0.29, 0.717) is 9.79 Å². The van der Waals surface area contributed by atoms with Crippen molar-refractivity contribution < 1.29 is 8.42 Å². The molecular weight excluding hydrogens is 431 g/mol. The zero-order chi connectivity index (χ0) is 16.7. The topological polar surface area (TPSA) is 34.1 Å². The molecule has 0 unspecified atom stereocenters. The number of hydrogen-bond acceptors (Lipinski definition) is 2. The Kier molecular flexibility index (Phi) is 3.81. The average molecular weight is 444 g/mol. The molecule has 0 aliphatic heterocycles. The van der Waals surface area contributed by atoms with Crippen LogP contribution in [0.2, 0.25) is 0 Å². The lowest BCUT2D eigenvalue weighted by molar-refractivity contribution is 0.597. The lowest BCUT2D eigenvalue weighted by Gasteiger charge is -2.10. The van der Waals surface area contributed by atoms with Gasteiger partial charge < -0.3 is 0 Å². The molecule has 0 N–H and O–H groups in total. The Morgan fingerprint density at radius 1 is 0.625 bits per heavy atom. The second-order valence-corrected chi connectivity index (χ2v) is 8.76. The summed E-state index contributed by atoms with van der Waals surface area (Å²) in [6, 6.07) is 24.3. The van der Waals surface area contributed by atoms with Gasteiger partial charge in [0.15, 0.2) is 0 Å². The Labute approximate surface area is 154 Å². The molecule has 4 aromatic carbocycles. The van der Waals surface area contributed by atoms with Crippen molar-refractivity contribution in [3.63, 3.8) is 0 Å². The molecule has 4 heteroatoms. The largest absolute Gasteiger partial charge is 0.218 e. The van der Waals surface area contributed by atoms with Crippen molar-refractivity contribution in [1.82, 2.24) is 0 Å². The molecule has 0 saturated heterocycles. The van der Waals surface area contributed by atoms with Crippen LogP contribution in [0.1, 0.15) is 0 Å². The van der Waals surface area contributed by atoms with Crippen LogP contribution < -0.4 is 0 Å². The highest BCUT2D eigenvalue weighted by Crippen LogP contribution is 2.32. The van der Waals surface area contributed by atoms with Gasteiger partial charge >= 0.3 is 0 Å². The standard InChI is InChI=1S/C20H13IO2S/c21-15-9-11-16(12-10-15)24(22,23)20-7-3-6-18-17-5-2-1-4-14(17)8-13-19(18)20/h1-13H. The second-order valence-electron chi connectivity index (χ2n) is 5.60. The van der Waals surface area contributed by atoms with E-state index in [2.05, 4.69) is 22.6 Å². The predicted molar refractivity (Wildman–Crippen MR) is 106 cm³/mol. The smallest absolute Gasteiger partial charge is 0.207 e. The van der Waals surface area contributed by atoms with Crippen LogP contribution in [0.25, 0.3) is 21.5 Å². The van der Waals surface area contributed by atoms with Crippen LogP contribution in [0.15, 0.2) is 88.7 Å². The van der Waals surface area contributed by atoms with Gasteiger partial charge in [-0.1, -0.05) is 48.5 Å². The Hall–Kier alpha value is -1.92. The molecule has 0 fully saturated rings. The second kappa shape index (κ2) is 5.86. The molecule has 0 radical (unpaired) electrons. The maximum Gasteiger partial charge on any atom is 0.207 e. The van der Waals surface area contributed by atoms with Gasteiger partial charge in [-0.25, -0.2) is 8.42 Å². The molecule has 4 aromatic rings. The molecule has 0 heterocycles. The summed E-state index contributed by atoms with van der Waals surface area (Å²) in [5, 5.41) is 3.89. The van der Waals surface area contributed by atoms with Crippen molar-refractivity contribution in [1.29, 1.82) is 0 Å². The lowest BCUT2D eigenvalue weighted by atomic mass is 10.0. The maximum atomic E-state index is 13.1. The zero-order valence-corrected chi connectivity index (χ0v) is 15.6. The van der Waals surface area contributed by atoms with Crippen LogP contribution in [0.5, 0.6) is 0 Å². The minimum absolute atomic E-state index is 0.323. The number of hydrogen-bond donors (Lipinski definition) is 0. The summed E-state index contributed by atoms with van der Waals surface area (Å²) < 4.78 is 27.2. The highest BCUT2D eigenvalue weighted by atomic mass is 127. The Bertz CT molecular complexity index is 1160. The van der Waals surface area contributed by atoms with Crippen LogP contribution in [0.4, 0.5) is 0 Å². The van der Waals surface area contributed by atoms with E-state index < -0.39 is 9.84 Å². The first-order chi connectivity index (χ1) is 11.6. The SMILES string of the molecule is O=S(=O)(c1ccc(I)cc1)c1cccc2c1ccc1ccccc12. The normalized spacial score (nSPS) is 11.9. The van der Waals surface area contributed by atoms with Crippen molar-refractivity contribution in [3.05, 3.63) is 82.4 Å². The highest BCUT2D eigenvalue weighted by molar-refractivity contribution is 14.1. The fourth-order valence-corrected chi connectivity index (χ4v) is 4.82. The fraction of sp³-hybridized carbons (Fsp3) is 0. The highest BCUT2D eigenvalue weighted by Gasteiger charge is 2.20. The Morgan fingerprint density at radius 2 is 1.33 bits per heavy atom. The molecule has 0 saturated carbocycles. The quantitative estimate of drug-likeness (QED) is 0.305. The van der Waals surface area contributed by atoms with Crippen molar-refractivity contribution in [3.8, 4) is 0 Å². The molecule has 24 heavy (non-hydrogen) atoms. The molecule has 118 valence electrons. The lowest BCUT2D eigenvalue weighted by Crippen LogP contribution is -2.03. The van der Waals surface area contributed by atoms with Crippen molar-refractivity contribution in [2.75, 3.05) is 0 Å². The summed E-state index contributed by atoms with van der Waals surface area (Å²) in [6.07, 6.45) is 0. The molecule has 0 amide bonds. The zero-order valence-electron chi connectivity index (χ0n) is 12.6. The van der Waals surface area contributed by atoms with Crippen molar-refractivity contribution in [2.45, 2.75) is 9.79 Å². The summed E-state index contributed by atoms with van der Waals surface area (Å²) in [6.45, 7) is 0. The van der Waals surface area contributed by atoms with Gasteiger partial charge in [-0.3, -0.25) is 0 Å². The van der Waals surface area contributed by atoms with E-state index in [1.54, 1.807) is 18.2 Å². The van der Waals surface area contributed by atoms with E-state index in [0.717, 1.165) is 25.1 Å². The Morgan fingerprint density at radius 3 is 2.12 bits per heavy atom. The minimum Gasteiger partial charge on any atom is -0.218 e.